The summed E-state index contributed by atoms with van der Waals surface area (Å²) in [5, 5.41) is 16.2. The minimum absolute atomic E-state index is 0. The molecule has 1 aromatic rings. The Bertz CT molecular complexity index is 517. The number of likely N-dealkylation sites (tertiary alicyclic amines) is 1. The van der Waals surface area contributed by atoms with Crippen molar-refractivity contribution in [2.24, 2.45) is 4.99 Å². The number of aliphatic hydroxyl groups excluding tert-OH is 1. The standard InChI is InChI=1S/C19H32N4O2.HI/c1-20-19(21-10-3-13-25-2)22-14-16-4-6-17(7-5-16)15-23-11-8-18(24)9-12-23;/h4-7,18,24H,3,8-15H2,1-2H3,(H2,20,21,22);1H. The second-order valence-electron chi connectivity index (χ2n) is 6.52. The Morgan fingerprint density at radius 3 is 2.46 bits per heavy atom. The third-order valence-electron chi connectivity index (χ3n) is 4.49. The monoisotopic (exact) mass is 476 g/mol. The maximum atomic E-state index is 9.58. The highest BCUT2D eigenvalue weighted by atomic mass is 127. The average Bonchev–Trinajstić information content (AvgIpc) is 2.64. The van der Waals surface area contributed by atoms with E-state index in [9.17, 15) is 5.11 Å². The van der Waals surface area contributed by atoms with Crippen LogP contribution in [0, 0.1) is 0 Å². The van der Waals surface area contributed by atoms with E-state index < -0.39 is 0 Å². The molecule has 0 unspecified atom stereocenters. The molecule has 0 radical (unpaired) electrons. The lowest BCUT2D eigenvalue weighted by Crippen LogP contribution is -2.37. The number of rotatable bonds is 8. The highest BCUT2D eigenvalue weighted by molar-refractivity contribution is 14.0. The quantitative estimate of drug-likeness (QED) is 0.232. The lowest BCUT2D eigenvalue weighted by Gasteiger charge is -2.29. The number of benzene rings is 1. The fourth-order valence-electron chi connectivity index (χ4n) is 2.93. The molecule has 1 heterocycles. The summed E-state index contributed by atoms with van der Waals surface area (Å²) < 4.78 is 5.04. The van der Waals surface area contributed by atoms with E-state index in [1.54, 1.807) is 14.2 Å². The molecular weight excluding hydrogens is 443 g/mol. The highest BCUT2D eigenvalue weighted by Gasteiger charge is 2.16. The average molecular weight is 476 g/mol. The number of aliphatic hydroxyl groups is 1. The van der Waals surface area contributed by atoms with Crippen molar-refractivity contribution in [3.63, 3.8) is 0 Å². The number of nitrogens with zero attached hydrogens (tertiary/aromatic N) is 2. The van der Waals surface area contributed by atoms with Crippen LogP contribution >= 0.6 is 24.0 Å². The van der Waals surface area contributed by atoms with Crippen LogP contribution in [0.3, 0.4) is 0 Å². The number of methoxy groups -OCH3 is 1. The van der Waals surface area contributed by atoms with Gasteiger partial charge in [0.1, 0.15) is 0 Å². The van der Waals surface area contributed by atoms with Gasteiger partial charge in [-0.05, 0) is 30.4 Å². The third-order valence-corrected chi connectivity index (χ3v) is 4.49. The minimum Gasteiger partial charge on any atom is -0.393 e. The molecule has 7 heteroatoms. The fraction of sp³-hybridized carbons (Fsp3) is 0.632. The van der Waals surface area contributed by atoms with Gasteiger partial charge < -0.3 is 20.5 Å². The Morgan fingerprint density at radius 1 is 1.19 bits per heavy atom. The van der Waals surface area contributed by atoms with Crippen molar-refractivity contribution in [3.05, 3.63) is 35.4 Å². The molecule has 0 saturated carbocycles. The molecule has 1 aliphatic heterocycles. The Morgan fingerprint density at radius 2 is 1.85 bits per heavy atom. The number of hydrogen-bond acceptors (Lipinski definition) is 4. The zero-order valence-electron chi connectivity index (χ0n) is 15.9. The zero-order valence-corrected chi connectivity index (χ0v) is 18.2. The molecule has 148 valence electrons. The van der Waals surface area contributed by atoms with Gasteiger partial charge in [-0.1, -0.05) is 24.3 Å². The van der Waals surface area contributed by atoms with Gasteiger partial charge in [-0.15, -0.1) is 24.0 Å². The Kier molecular flexibility index (Phi) is 11.8. The molecule has 0 spiro atoms. The van der Waals surface area contributed by atoms with Crippen LogP contribution in [-0.2, 0) is 17.8 Å². The van der Waals surface area contributed by atoms with E-state index in [0.717, 1.165) is 64.6 Å². The minimum atomic E-state index is -0.109. The maximum Gasteiger partial charge on any atom is 0.191 e. The molecule has 0 atom stereocenters. The molecule has 0 aromatic heterocycles. The molecule has 3 N–H and O–H groups in total. The maximum absolute atomic E-state index is 9.58. The van der Waals surface area contributed by atoms with Crippen LogP contribution in [0.15, 0.2) is 29.3 Å². The van der Waals surface area contributed by atoms with Gasteiger partial charge in [-0.2, -0.15) is 0 Å². The smallest absolute Gasteiger partial charge is 0.191 e. The van der Waals surface area contributed by atoms with E-state index >= 15 is 0 Å². The summed E-state index contributed by atoms with van der Waals surface area (Å²) in [5.41, 5.74) is 2.56. The molecule has 0 aliphatic carbocycles. The number of piperidine rings is 1. The molecule has 1 saturated heterocycles. The van der Waals surface area contributed by atoms with E-state index in [0.29, 0.717) is 0 Å². The predicted molar refractivity (Wildman–Crippen MR) is 117 cm³/mol. The summed E-state index contributed by atoms with van der Waals surface area (Å²) in [6.45, 7) is 5.27. The molecule has 2 rings (SSSR count). The number of aliphatic imine (C=N–C) groups is 1. The highest BCUT2D eigenvalue weighted by Crippen LogP contribution is 2.14. The summed E-state index contributed by atoms with van der Waals surface area (Å²) in [4.78, 5) is 6.64. The van der Waals surface area contributed by atoms with Crippen molar-refractivity contribution >= 4 is 29.9 Å². The zero-order chi connectivity index (χ0) is 17.9. The molecule has 0 amide bonds. The second-order valence-corrected chi connectivity index (χ2v) is 6.52. The van der Waals surface area contributed by atoms with Crippen LogP contribution in [0.2, 0.25) is 0 Å². The number of hydrogen-bond donors (Lipinski definition) is 3. The first-order valence-corrected chi connectivity index (χ1v) is 9.13. The molecule has 1 fully saturated rings. The van der Waals surface area contributed by atoms with Crippen molar-refractivity contribution in [2.45, 2.75) is 38.5 Å². The van der Waals surface area contributed by atoms with E-state index in [-0.39, 0.29) is 30.1 Å². The van der Waals surface area contributed by atoms with Gasteiger partial charge in [-0.25, -0.2) is 0 Å². The fourth-order valence-corrected chi connectivity index (χ4v) is 2.93. The molecule has 26 heavy (non-hydrogen) atoms. The molecule has 0 bridgehead atoms. The van der Waals surface area contributed by atoms with Gasteiger partial charge in [0, 0.05) is 53.5 Å². The number of halogens is 1. The van der Waals surface area contributed by atoms with Crippen LogP contribution in [-0.4, -0.2) is 62.5 Å². The van der Waals surface area contributed by atoms with Crippen LogP contribution < -0.4 is 10.6 Å². The first kappa shape index (κ1) is 23.1. The predicted octanol–water partition coefficient (Wildman–Crippen LogP) is 1.96. The van der Waals surface area contributed by atoms with Crippen molar-refractivity contribution in [2.75, 3.05) is 40.4 Å². The number of ether oxygens (including phenoxy) is 1. The van der Waals surface area contributed by atoms with Crippen molar-refractivity contribution in [3.8, 4) is 0 Å². The molecule has 1 aromatic carbocycles. The van der Waals surface area contributed by atoms with E-state index in [1.807, 2.05) is 0 Å². The lowest BCUT2D eigenvalue weighted by molar-refractivity contribution is 0.0792. The van der Waals surface area contributed by atoms with Gasteiger partial charge in [-0.3, -0.25) is 9.89 Å². The van der Waals surface area contributed by atoms with Gasteiger partial charge in [0.2, 0.25) is 0 Å². The van der Waals surface area contributed by atoms with Crippen molar-refractivity contribution in [1.29, 1.82) is 0 Å². The SMILES string of the molecule is CN=C(NCCCOC)NCc1ccc(CN2CCC(O)CC2)cc1.I. The van der Waals surface area contributed by atoms with Crippen LogP contribution in [0.25, 0.3) is 0 Å². The van der Waals surface area contributed by atoms with Crippen molar-refractivity contribution < 1.29 is 9.84 Å². The third kappa shape index (κ3) is 8.66. The van der Waals surface area contributed by atoms with Gasteiger partial charge in [0.25, 0.3) is 0 Å². The van der Waals surface area contributed by atoms with Crippen molar-refractivity contribution in [1.82, 2.24) is 15.5 Å². The van der Waals surface area contributed by atoms with Gasteiger partial charge in [0.15, 0.2) is 5.96 Å². The van der Waals surface area contributed by atoms with Crippen LogP contribution in [0.4, 0.5) is 0 Å². The summed E-state index contributed by atoms with van der Waals surface area (Å²) >= 11 is 0. The van der Waals surface area contributed by atoms with Crippen LogP contribution in [0.1, 0.15) is 30.4 Å². The molecule has 1 aliphatic rings. The van der Waals surface area contributed by atoms with Crippen LogP contribution in [0.5, 0.6) is 0 Å². The summed E-state index contributed by atoms with van der Waals surface area (Å²) in [6, 6.07) is 8.71. The lowest BCUT2D eigenvalue weighted by atomic mass is 10.1. The Labute approximate surface area is 174 Å². The number of nitrogens with one attached hydrogen (secondary N) is 2. The van der Waals surface area contributed by atoms with E-state index in [4.69, 9.17) is 4.74 Å². The first-order chi connectivity index (χ1) is 12.2. The topological polar surface area (TPSA) is 69.1 Å². The first-order valence-electron chi connectivity index (χ1n) is 9.13. The summed E-state index contributed by atoms with van der Waals surface area (Å²) in [6.07, 6.45) is 2.62. The van der Waals surface area contributed by atoms with Gasteiger partial charge >= 0.3 is 0 Å². The number of guanidine groups is 1. The van der Waals surface area contributed by atoms with E-state index in [1.165, 1.54) is 11.1 Å². The normalized spacial score (nSPS) is 16.2. The summed E-state index contributed by atoms with van der Waals surface area (Å²) in [5.74, 6) is 0.812. The largest absolute Gasteiger partial charge is 0.393 e. The Balaban J connectivity index is 0.00000338. The summed E-state index contributed by atoms with van der Waals surface area (Å²) in [7, 11) is 3.50. The van der Waals surface area contributed by atoms with Gasteiger partial charge in [0.05, 0.1) is 6.10 Å². The molecule has 6 nitrogen and oxygen atoms in total. The van der Waals surface area contributed by atoms with E-state index in [2.05, 4.69) is 44.8 Å². The Hall–Kier alpha value is -0.900. The molecular formula is C19H33IN4O2. The second kappa shape index (κ2) is 13.3.